The topological polar surface area (TPSA) is 44.1 Å². The molecule has 0 aliphatic rings. The molecule has 1 heterocycles. The molecule has 0 aliphatic heterocycles. The van der Waals surface area contributed by atoms with Crippen molar-refractivity contribution in [2.45, 2.75) is 31.2 Å². The van der Waals surface area contributed by atoms with Crippen molar-refractivity contribution in [2.75, 3.05) is 6.61 Å². The molecule has 1 aromatic rings. The Morgan fingerprint density at radius 1 is 1.24 bits per heavy atom. The molecule has 0 N–H and O–H groups in total. The Morgan fingerprint density at radius 2 is 1.81 bits per heavy atom. The van der Waals surface area contributed by atoms with E-state index in [1.807, 2.05) is 0 Å². The quantitative estimate of drug-likeness (QED) is 0.455. The average molecular weight is 383 g/mol. The van der Waals surface area contributed by atoms with Crippen LogP contribution in [0.5, 0.6) is 0 Å². The fourth-order valence-electron chi connectivity index (χ4n) is 1.59. The first-order valence-electron chi connectivity index (χ1n) is 5.48. The number of hydrogen-bond donors (Lipinski definition) is 0. The minimum absolute atomic E-state index is 0.0536. The molecule has 0 atom stereocenters. The lowest BCUT2D eigenvalue weighted by Crippen LogP contribution is -2.17. The third-order valence-electron chi connectivity index (χ3n) is 2.32. The standard InChI is InChI=1S/C10H9BrF6N2O2/c1-2-21-6(20)4-19-5(3-11)7(9(12,13)14)8(18-19)10(15,16)17/h2-4H2,1H3. The van der Waals surface area contributed by atoms with Gasteiger partial charge in [-0.25, -0.2) is 0 Å². The first-order valence-corrected chi connectivity index (χ1v) is 6.60. The lowest BCUT2D eigenvalue weighted by Gasteiger charge is -2.11. The van der Waals surface area contributed by atoms with Gasteiger partial charge in [0.2, 0.25) is 0 Å². The molecule has 0 bridgehead atoms. The second-order valence-corrected chi connectivity index (χ2v) is 4.32. The van der Waals surface area contributed by atoms with Crippen LogP contribution in [0, 0.1) is 0 Å². The maximum Gasteiger partial charge on any atom is 0.435 e. The van der Waals surface area contributed by atoms with Gasteiger partial charge in [-0.05, 0) is 6.92 Å². The Kier molecular flexibility index (Phi) is 5.29. The van der Waals surface area contributed by atoms with E-state index in [1.165, 1.54) is 6.92 Å². The van der Waals surface area contributed by atoms with Crippen molar-refractivity contribution >= 4 is 21.9 Å². The van der Waals surface area contributed by atoms with Crippen LogP contribution in [-0.2, 0) is 33.8 Å². The summed E-state index contributed by atoms with van der Waals surface area (Å²) >= 11 is 2.68. The molecular weight excluding hydrogens is 374 g/mol. The predicted molar refractivity (Wildman–Crippen MR) is 61.5 cm³/mol. The van der Waals surface area contributed by atoms with Crippen LogP contribution in [0.15, 0.2) is 0 Å². The molecule has 0 spiro atoms. The van der Waals surface area contributed by atoms with Crippen LogP contribution in [0.25, 0.3) is 0 Å². The molecule has 21 heavy (non-hydrogen) atoms. The molecule has 120 valence electrons. The van der Waals surface area contributed by atoms with Crippen molar-refractivity contribution < 1.29 is 35.9 Å². The van der Waals surface area contributed by atoms with Crippen molar-refractivity contribution in [3.63, 3.8) is 0 Å². The van der Waals surface area contributed by atoms with E-state index in [1.54, 1.807) is 0 Å². The van der Waals surface area contributed by atoms with Crippen LogP contribution in [0.3, 0.4) is 0 Å². The number of carbonyl (C=O) groups is 1. The number of alkyl halides is 7. The van der Waals surface area contributed by atoms with E-state index in [9.17, 15) is 31.1 Å². The maximum atomic E-state index is 12.8. The second-order valence-electron chi connectivity index (χ2n) is 3.76. The molecule has 0 aliphatic carbocycles. The Hall–Kier alpha value is -1.26. The summed E-state index contributed by atoms with van der Waals surface area (Å²) in [6, 6.07) is 0. The first kappa shape index (κ1) is 17.8. The summed E-state index contributed by atoms with van der Waals surface area (Å²) < 4.78 is 81.4. The third kappa shape index (κ3) is 4.11. The molecule has 1 aromatic heterocycles. The largest absolute Gasteiger partial charge is 0.465 e. The van der Waals surface area contributed by atoms with Crippen molar-refractivity contribution in [1.82, 2.24) is 9.78 Å². The van der Waals surface area contributed by atoms with Gasteiger partial charge in [0.25, 0.3) is 0 Å². The number of carbonyl (C=O) groups excluding carboxylic acids is 1. The van der Waals surface area contributed by atoms with Gasteiger partial charge in [0, 0.05) is 5.33 Å². The minimum Gasteiger partial charge on any atom is -0.465 e. The van der Waals surface area contributed by atoms with E-state index in [2.05, 4.69) is 25.8 Å². The molecule has 0 radical (unpaired) electrons. The third-order valence-corrected chi connectivity index (χ3v) is 2.85. The van der Waals surface area contributed by atoms with Gasteiger partial charge in [0.1, 0.15) is 12.1 Å². The average Bonchev–Trinajstić information content (AvgIpc) is 2.67. The highest BCUT2D eigenvalue weighted by Crippen LogP contribution is 2.42. The van der Waals surface area contributed by atoms with Gasteiger partial charge >= 0.3 is 18.3 Å². The first-order chi connectivity index (χ1) is 9.52. The fraction of sp³-hybridized carbons (Fsp3) is 0.600. The van der Waals surface area contributed by atoms with Crippen LogP contribution < -0.4 is 0 Å². The van der Waals surface area contributed by atoms with Gasteiger partial charge < -0.3 is 4.74 Å². The number of ether oxygens (including phenoxy) is 1. The van der Waals surface area contributed by atoms with Crippen molar-refractivity contribution in [3.8, 4) is 0 Å². The van der Waals surface area contributed by atoms with E-state index in [-0.39, 0.29) is 6.61 Å². The maximum absolute atomic E-state index is 12.8. The van der Waals surface area contributed by atoms with Crippen molar-refractivity contribution in [2.24, 2.45) is 0 Å². The highest BCUT2D eigenvalue weighted by Gasteiger charge is 2.48. The summed E-state index contributed by atoms with van der Waals surface area (Å²) in [5, 5.41) is 2.33. The summed E-state index contributed by atoms with van der Waals surface area (Å²) in [7, 11) is 0. The van der Waals surface area contributed by atoms with Gasteiger partial charge in [0.05, 0.1) is 12.3 Å². The highest BCUT2D eigenvalue weighted by molar-refractivity contribution is 9.08. The number of halogens is 7. The normalized spacial score (nSPS) is 12.6. The summed E-state index contributed by atoms with van der Waals surface area (Å²) in [4.78, 5) is 11.2. The lowest BCUT2D eigenvalue weighted by atomic mass is 10.1. The molecule has 0 amide bonds. The van der Waals surface area contributed by atoms with E-state index in [4.69, 9.17) is 0 Å². The number of nitrogens with zero attached hydrogens (tertiary/aromatic N) is 2. The summed E-state index contributed by atoms with van der Waals surface area (Å²) in [5.74, 6) is -0.982. The van der Waals surface area contributed by atoms with E-state index in [0.29, 0.717) is 4.68 Å². The molecule has 4 nitrogen and oxygen atoms in total. The van der Waals surface area contributed by atoms with Crippen LogP contribution in [0.2, 0.25) is 0 Å². The summed E-state index contributed by atoms with van der Waals surface area (Å²) in [5.41, 5.74) is -4.77. The molecule has 0 saturated heterocycles. The Balaban J connectivity index is 3.40. The van der Waals surface area contributed by atoms with Gasteiger partial charge in [0.15, 0.2) is 5.69 Å². The lowest BCUT2D eigenvalue weighted by molar-refractivity contribution is -0.164. The molecule has 0 unspecified atom stereocenters. The number of aromatic nitrogens is 2. The van der Waals surface area contributed by atoms with Crippen LogP contribution in [-0.4, -0.2) is 22.4 Å². The van der Waals surface area contributed by atoms with Gasteiger partial charge in [-0.1, -0.05) is 15.9 Å². The highest BCUT2D eigenvalue weighted by atomic mass is 79.9. The Morgan fingerprint density at radius 3 is 2.19 bits per heavy atom. The number of hydrogen-bond acceptors (Lipinski definition) is 3. The van der Waals surface area contributed by atoms with Crippen molar-refractivity contribution in [3.05, 3.63) is 17.0 Å². The van der Waals surface area contributed by atoms with E-state index < -0.39 is 47.1 Å². The van der Waals surface area contributed by atoms with Crippen LogP contribution in [0.1, 0.15) is 23.9 Å². The van der Waals surface area contributed by atoms with Crippen molar-refractivity contribution in [1.29, 1.82) is 0 Å². The molecule has 0 saturated carbocycles. The zero-order chi connectivity index (χ0) is 16.4. The fourth-order valence-corrected chi connectivity index (χ4v) is 2.16. The Bertz CT molecular complexity index is 523. The van der Waals surface area contributed by atoms with Gasteiger partial charge in [-0.3, -0.25) is 9.48 Å². The second kappa shape index (κ2) is 6.24. The molecule has 0 aromatic carbocycles. The summed E-state index contributed by atoms with van der Waals surface area (Å²) in [6.07, 6.45) is -10.5. The van der Waals surface area contributed by atoms with Gasteiger partial charge in [-0.2, -0.15) is 31.4 Å². The minimum atomic E-state index is -5.29. The molecular formula is C10H9BrF6N2O2. The van der Waals surface area contributed by atoms with E-state index >= 15 is 0 Å². The predicted octanol–water partition coefficient (Wildman–Crippen LogP) is 3.38. The van der Waals surface area contributed by atoms with E-state index in [0.717, 1.165) is 0 Å². The molecule has 0 fully saturated rings. The molecule has 1 rings (SSSR count). The number of esters is 1. The smallest absolute Gasteiger partial charge is 0.435 e. The summed E-state index contributed by atoms with van der Waals surface area (Å²) in [6.45, 7) is 0.560. The van der Waals surface area contributed by atoms with Crippen LogP contribution >= 0.6 is 15.9 Å². The molecule has 11 heteroatoms. The Labute approximate surface area is 123 Å². The zero-order valence-electron chi connectivity index (χ0n) is 10.5. The SMILES string of the molecule is CCOC(=O)Cn1nc(C(F)(F)F)c(C(F)(F)F)c1CBr. The zero-order valence-corrected chi connectivity index (χ0v) is 12.1. The van der Waals surface area contributed by atoms with Gasteiger partial charge in [-0.15, -0.1) is 0 Å². The number of rotatable bonds is 4. The van der Waals surface area contributed by atoms with Crippen LogP contribution in [0.4, 0.5) is 26.3 Å². The monoisotopic (exact) mass is 382 g/mol.